The van der Waals surface area contributed by atoms with Crippen molar-refractivity contribution < 1.29 is 28.9 Å². The molecular formula is C20H19NO6. The van der Waals surface area contributed by atoms with Crippen molar-refractivity contribution in [3.8, 4) is 5.75 Å². The van der Waals surface area contributed by atoms with Crippen LogP contribution in [0.15, 0.2) is 30.4 Å². The number of hydrogen-bond donors (Lipinski definition) is 1. The lowest BCUT2D eigenvalue weighted by Gasteiger charge is -2.44. The Bertz CT molecular complexity index is 912. The Labute approximate surface area is 155 Å². The molecule has 0 radical (unpaired) electrons. The minimum Gasteiger partial charge on any atom is -0.497 e. The van der Waals surface area contributed by atoms with Crippen LogP contribution < -0.4 is 9.64 Å². The van der Waals surface area contributed by atoms with Gasteiger partial charge in [0.15, 0.2) is 0 Å². The summed E-state index contributed by atoms with van der Waals surface area (Å²) in [5.41, 5.74) is 0.838. The summed E-state index contributed by atoms with van der Waals surface area (Å²) in [5, 5.41) is 9.76. The number of ether oxygens (including phenoxy) is 3. The second-order valence-electron chi connectivity index (χ2n) is 7.96. The number of carbonyl (C=O) groups excluding carboxylic acids is 1. The van der Waals surface area contributed by atoms with Crippen molar-refractivity contribution >= 4 is 17.6 Å². The molecule has 140 valence electrons. The average molecular weight is 369 g/mol. The van der Waals surface area contributed by atoms with Crippen LogP contribution >= 0.6 is 0 Å². The van der Waals surface area contributed by atoms with Gasteiger partial charge in [0.1, 0.15) is 17.3 Å². The normalized spacial score (nSPS) is 42.7. The van der Waals surface area contributed by atoms with Gasteiger partial charge < -0.3 is 24.2 Å². The number of fused-ring (bicyclic) bond motifs is 7. The Morgan fingerprint density at radius 3 is 3.04 bits per heavy atom. The Kier molecular flexibility index (Phi) is 2.85. The van der Waals surface area contributed by atoms with Crippen molar-refractivity contribution in [3.63, 3.8) is 0 Å². The van der Waals surface area contributed by atoms with Crippen molar-refractivity contribution in [1.29, 1.82) is 0 Å². The van der Waals surface area contributed by atoms with Crippen LogP contribution in [0, 0.1) is 17.8 Å². The van der Waals surface area contributed by atoms with Crippen LogP contribution in [-0.2, 0) is 19.1 Å². The average Bonchev–Trinajstić information content (AvgIpc) is 3.41. The molecule has 5 aliphatic heterocycles. The van der Waals surface area contributed by atoms with Crippen LogP contribution in [-0.4, -0.2) is 48.4 Å². The SMILES string of the molecule is COc1ccc2c(c1)[C@H]1OCC[C@H]1[C@H]1N2C(=O)[C@@H]2[C@@H](C(=O)O)[C@H]3C=C[C@@]21O3. The van der Waals surface area contributed by atoms with Gasteiger partial charge in [-0.05, 0) is 24.6 Å². The second kappa shape index (κ2) is 4.91. The van der Waals surface area contributed by atoms with Gasteiger partial charge >= 0.3 is 5.97 Å². The Morgan fingerprint density at radius 2 is 2.26 bits per heavy atom. The van der Waals surface area contributed by atoms with Crippen LogP contribution in [0.3, 0.4) is 0 Å². The summed E-state index contributed by atoms with van der Waals surface area (Å²) >= 11 is 0. The molecule has 27 heavy (non-hydrogen) atoms. The van der Waals surface area contributed by atoms with Crippen molar-refractivity contribution in [2.45, 2.75) is 30.3 Å². The van der Waals surface area contributed by atoms with E-state index in [1.807, 2.05) is 30.4 Å². The molecule has 1 amide bonds. The van der Waals surface area contributed by atoms with E-state index in [1.165, 1.54) is 0 Å². The molecule has 0 unspecified atom stereocenters. The van der Waals surface area contributed by atoms with Gasteiger partial charge in [0, 0.05) is 18.1 Å². The zero-order valence-corrected chi connectivity index (χ0v) is 14.7. The van der Waals surface area contributed by atoms with Gasteiger partial charge in [-0.1, -0.05) is 12.2 Å². The Balaban J connectivity index is 1.57. The van der Waals surface area contributed by atoms with Gasteiger partial charge in [-0.15, -0.1) is 0 Å². The van der Waals surface area contributed by atoms with Crippen molar-refractivity contribution in [1.82, 2.24) is 0 Å². The van der Waals surface area contributed by atoms with Gasteiger partial charge in [-0.25, -0.2) is 0 Å². The zero-order valence-electron chi connectivity index (χ0n) is 14.7. The number of benzene rings is 1. The lowest BCUT2D eigenvalue weighted by atomic mass is 9.70. The monoisotopic (exact) mass is 369 g/mol. The predicted octanol–water partition coefficient (Wildman–Crippen LogP) is 1.53. The summed E-state index contributed by atoms with van der Waals surface area (Å²) in [7, 11) is 1.61. The molecule has 1 aromatic rings. The molecule has 5 heterocycles. The number of anilines is 1. The molecule has 0 aromatic heterocycles. The minimum atomic E-state index is -0.974. The van der Waals surface area contributed by atoms with Crippen LogP contribution in [0.2, 0.25) is 0 Å². The molecule has 3 fully saturated rings. The molecule has 3 saturated heterocycles. The third kappa shape index (κ3) is 1.66. The number of carboxylic acid groups (broad SMARTS) is 1. The van der Waals surface area contributed by atoms with E-state index in [2.05, 4.69) is 0 Å². The summed E-state index contributed by atoms with van der Waals surface area (Å²) in [6.07, 6.45) is 3.90. The van der Waals surface area contributed by atoms with Gasteiger partial charge in [0.25, 0.3) is 0 Å². The number of rotatable bonds is 2. The summed E-state index contributed by atoms with van der Waals surface area (Å²) in [6, 6.07) is 5.39. The fourth-order valence-electron chi connectivity index (χ4n) is 6.02. The highest BCUT2D eigenvalue weighted by atomic mass is 16.5. The number of amides is 1. The number of carbonyl (C=O) groups is 2. The molecular weight excluding hydrogens is 350 g/mol. The first-order chi connectivity index (χ1) is 13.1. The third-order valence-corrected chi connectivity index (χ3v) is 6.96. The molecule has 5 aliphatic rings. The number of carboxylic acids is 1. The van der Waals surface area contributed by atoms with Crippen molar-refractivity contribution in [3.05, 3.63) is 35.9 Å². The number of nitrogens with zero attached hydrogens (tertiary/aromatic N) is 1. The van der Waals surface area contributed by atoms with Crippen LogP contribution in [0.1, 0.15) is 18.1 Å². The van der Waals surface area contributed by atoms with Gasteiger partial charge in [-0.2, -0.15) is 0 Å². The molecule has 0 aliphatic carbocycles. The summed E-state index contributed by atoms with van der Waals surface area (Å²) in [4.78, 5) is 27.2. The van der Waals surface area contributed by atoms with E-state index in [4.69, 9.17) is 14.2 Å². The second-order valence-corrected chi connectivity index (χ2v) is 7.96. The van der Waals surface area contributed by atoms with E-state index in [-0.39, 0.29) is 24.0 Å². The van der Waals surface area contributed by atoms with Gasteiger partial charge in [0.05, 0.1) is 37.0 Å². The quantitative estimate of drug-likeness (QED) is 0.796. The van der Waals surface area contributed by atoms with E-state index in [0.29, 0.717) is 12.4 Å². The molecule has 6 rings (SSSR count). The Morgan fingerprint density at radius 1 is 1.41 bits per heavy atom. The molecule has 1 aromatic carbocycles. The van der Waals surface area contributed by atoms with E-state index < -0.39 is 29.5 Å². The lowest BCUT2D eigenvalue weighted by Crippen LogP contribution is -2.53. The summed E-state index contributed by atoms with van der Waals surface area (Å²) in [6.45, 7) is 0.612. The largest absolute Gasteiger partial charge is 0.497 e. The van der Waals surface area contributed by atoms with E-state index in [9.17, 15) is 14.7 Å². The fraction of sp³-hybridized carbons (Fsp3) is 0.500. The maximum atomic E-state index is 13.5. The highest BCUT2D eigenvalue weighted by Gasteiger charge is 2.74. The predicted molar refractivity (Wildman–Crippen MR) is 92.4 cm³/mol. The minimum absolute atomic E-state index is 0.0644. The van der Waals surface area contributed by atoms with E-state index in [0.717, 1.165) is 17.7 Å². The summed E-state index contributed by atoms with van der Waals surface area (Å²) < 4.78 is 17.7. The maximum Gasteiger partial charge on any atom is 0.310 e. The topological polar surface area (TPSA) is 85.3 Å². The molecule has 1 N–H and O–H groups in total. The van der Waals surface area contributed by atoms with Crippen LogP contribution in [0.25, 0.3) is 0 Å². The molecule has 7 nitrogen and oxygen atoms in total. The third-order valence-electron chi connectivity index (χ3n) is 6.96. The number of hydrogen-bond acceptors (Lipinski definition) is 5. The van der Waals surface area contributed by atoms with Crippen molar-refractivity contribution in [2.24, 2.45) is 17.8 Å². The highest BCUT2D eigenvalue weighted by molar-refractivity contribution is 6.04. The molecule has 0 saturated carbocycles. The molecule has 7 heteroatoms. The fourth-order valence-corrected chi connectivity index (χ4v) is 6.02. The summed E-state index contributed by atoms with van der Waals surface area (Å²) in [5.74, 6) is -1.88. The zero-order chi connectivity index (χ0) is 18.5. The van der Waals surface area contributed by atoms with E-state index in [1.54, 1.807) is 12.0 Å². The Hall–Kier alpha value is -2.38. The number of methoxy groups -OCH3 is 1. The smallest absolute Gasteiger partial charge is 0.310 e. The standard InChI is InChI=1S/C20H19NO6/c1-25-9-2-3-12-11(8-9)16-10(5-7-26-16)17-20-6-4-13(27-20)14(19(23)24)15(20)18(22)21(12)17/h2-4,6,8,10,13-17H,5,7H2,1H3,(H,23,24)/t10-,13-,14+,15+,16+,17-,20-/m1/s1. The maximum absolute atomic E-state index is 13.5. The van der Waals surface area contributed by atoms with E-state index >= 15 is 0 Å². The molecule has 1 spiro atoms. The first-order valence-electron chi connectivity index (χ1n) is 9.29. The molecule has 7 atom stereocenters. The van der Waals surface area contributed by atoms with Crippen LogP contribution in [0.5, 0.6) is 5.75 Å². The first kappa shape index (κ1) is 15.7. The molecule has 2 bridgehead atoms. The van der Waals surface area contributed by atoms with Crippen molar-refractivity contribution in [2.75, 3.05) is 18.6 Å². The lowest BCUT2D eigenvalue weighted by molar-refractivity contribution is -0.146. The number of aliphatic carboxylic acids is 1. The van der Waals surface area contributed by atoms with Gasteiger partial charge in [0.2, 0.25) is 5.91 Å². The first-order valence-corrected chi connectivity index (χ1v) is 9.29. The highest BCUT2D eigenvalue weighted by Crippen LogP contribution is 2.62. The van der Waals surface area contributed by atoms with Crippen LogP contribution in [0.4, 0.5) is 5.69 Å². The van der Waals surface area contributed by atoms with Gasteiger partial charge in [-0.3, -0.25) is 9.59 Å².